The number of nitrogens with zero attached hydrogens (tertiary/aromatic N) is 1. The standard InChI is InChI=1S/C43H41N/c1-24(2)28-9-10-29-22-40-36(18-31(29)16-28)38-19-32(27-11-13-34(14-12-27)43(6,7)8)20-39-37-21-33-17-30(25(3)4)15-26(5)35(33)23-41(37)44(40)42(38)39/h9-25H,1-8H3. The number of benzene rings is 6. The van der Waals surface area contributed by atoms with Gasteiger partial charge >= 0.3 is 0 Å². The third-order valence-electron chi connectivity index (χ3n) is 10.1. The van der Waals surface area contributed by atoms with Crippen LogP contribution in [0.2, 0.25) is 0 Å². The maximum atomic E-state index is 2.55. The van der Waals surface area contributed by atoms with Crippen molar-refractivity contribution in [3.63, 3.8) is 0 Å². The second kappa shape index (κ2) is 9.32. The molecule has 8 aromatic rings. The van der Waals surface area contributed by atoms with Gasteiger partial charge in [0.1, 0.15) is 0 Å². The molecule has 0 saturated heterocycles. The zero-order chi connectivity index (χ0) is 30.7. The average Bonchev–Trinajstić information content (AvgIpc) is 3.48. The maximum absolute atomic E-state index is 2.55. The summed E-state index contributed by atoms with van der Waals surface area (Å²) in [5, 5.41) is 10.6. The van der Waals surface area contributed by atoms with Crippen LogP contribution in [0.15, 0.2) is 91.0 Å². The number of rotatable bonds is 3. The Labute approximate surface area is 260 Å². The molecule has 0 unspecified atom stereocenters. The molecule has 0 fully saturated rings. The van der Waals surface area contributed by atoms with E-state index in [0.717, 1.165) is 0 Å². The molecule has 0 bridgehead atoms. The van der Waals surface area contributed by atoms with E-state index in [9.17, 15) is 0 Å². The van der Waals surface area contributed by atoms with E-state index in [1.807, 2.05) is 0 Å². The van der Waals surface area contributed by atoms with Gasteiger partial charge in [-0.3, -0.25) is 0 Å². The summed E-state index contributed by atoms with van der Waals surface area (Å²) in [6.07, 6.45) is 0. The van der Waals surface area contributed by atoms with Crippen molar-refractivity contribution in [2.75, 3.05) is 0 Å². The van der Waals surface area contributed by atoms with E-state index < -0.39 is 0 Å². The Kier molecular flexibility index (Phi) is 5.76. The molecule has 218 valence electrons. The lowest BCUT2D eigenvalue weighted by molar-refractivity contribution is 0.590. The van der Waals surface area contributed by atoms with Gasteiger partial charge < -0.3 is 4.40 Å². The highest BCUT2D eigenvalue weighted by Gasteiger charge is 2.21. The van der Waals surface area contributed by atoms with Crippen LogP contribution in [-0.2, 0) is 5.41 Å². The van der Waals surface area contributed by atoms with E-state index in [-0.39, 0.29) is 5.41 Å². The molecule has 1 nitrogen and oxygen atoms in total. The molecule has 8 rings (SSSR count). The van der Waals surface area contributed by atoms with Gasteiger partial charge in [0.25, 0.3) is 0 Å². The summed E-state index contributed by atoms with van der Waals surface area (Å²) in [5.74, 6) is 1.00. The van der Waals surface area contributed by atoms with Crippen molar-refractivity contribution in [2.45, 2.75) is 72.6 Å². The summed E-state index contributed by atoms with van der Waals surface area (Å²) in [6, 6.07) is 35.7. The van der Waals surface area contributed by atoms with Gasteiger partial charge in [0.15, 0.2) is 0 Å². The van der Waals surface area contributed by atoms with Gasteiger partial charge in [-0.05, 0) is 115 Å². The van der Waals surface area contributed by atoms with Crippen LogP contribution in [0.1, 0.15) is 82.6 Å². The average molecular weight is 572 g/mol. The second-order valence-electron chi connectivity index (χ2n) is 14.8. The first kappa shape index (κ1) is 27.2. The van der Waals surface area contributed by atoms with Gasteiger partial charge in [-0.25, -0.2) is 0 Å². The predicted molar refractivity (Wildman–Crippen MR) is 193 cm³/mol. The van der Waals surface area contributed by atoms with Crippen LogP contribution in [-0.4, -0.2) is 4.40 Å². The van der Waals surface area contributed by atoms with Gasteiger partial charge in [0, 0.05) is 21.5 Å². The second-order valence-corrected chi connectivity index (χ2v) is 14.8. The Hall–Kier alpha value is -4.36. The molecule has 0 atom stereocenters. The van der Waals surface area contributed by atoms with Crippen molar-refractivity contribution >= 4 is 59.6 Å². The van der Waals surface area contributed by atoms with Gasteiger partial charge in [-0.1, -0.05) is 103 Å². The van der Waals surface area contributed by atoms with E-state index in [2.05, 4.69) is 151 Å². The minimum atomic E-state index is 0.132. The molecule has 2 aromatic heterocycles. The van der Waals surface area contributed by atoms with Crippen LogP contribution in [0.4, 0.5) is 0 Å². The number of aromatic nitrogens is 1. The summed E-state index contributed by atoms with van der Waals surface area (Å²) in [4.78, 5) is 0. The van der Waals surface area contributed by atoms with Gasteiger partial charge in [0.2, 0.25) is 0 Å². The summed E-state index contributed by atoms with van der Waals surface area (Å²) < 4.78 is 2.55. The molecule has 0 aliphatic heterocycles. The van der Waals surface area contributed by atoms with Crippen LogP contribution < -0.4 is 0 Å². The number of fused-ring (bicyclic) bond motifs is 8. The number of aryl methyl sites for hydroxylation is 1. The Morgan fingerprint density at radius 1 is 0.500 bits per heavy atom. The minimum absolute atomic E-state index is 0.132. The SMILES string of the molecule is Cc1cc(C(C)C)cc2cc3c4cc(-c5ccc(C(C)(C)C)cc5)cc5c6cc7cc(C(C)C)ccc7cc6n(c3cc12)c54. The van der Waals surface area contributed by atoms with Crippen molar-refractivity contribution in [1.82, 2.24) is 4.40 Å². The zero-order valence-corrected chi connectivity index (χ0v) is 27.3. The Balaban J connectivity index is 1.51. The molecule has 2 heterocycles. The van der Waals surface area contributed by atoms with Crippen LogP contribution in [0.5, 0.6) is 0 Å². The number of hydrogen-bond acceptors (Lipinski definition) is 0. The third-order valence-corrected chi connectivity index (χ3v) is 10.1. The van der Waals surface area contributed by atoms with Crippen molar-refractivity contribution in [2.24, 2.45) is 0 Å². The van der Waals surface area contributed by atoms with E-state index >= 15 is 0 Å². The van der Waals surface area contributed by atoms with Crippen LogP contribution in [0.3, 0.4) is 0 Å². The lowest BCUT2D eigenvalue weighted by Gasteiger charge is -2.19. The lowest BCUT2D eigenvalue weighted by atomic mass is 9.86. The monoisotopic (exact) mass is 571 g/mol. The number of hydrogen-bond donors (Lipinski definition) is 0. The van der Waals surface area contributed by atoms with E-state index in [0.29, 0.717) is 11.8 Å². The van der Waals surface area contributed by atoms with Crippen LogP contribution in [0, 0.1) is 6.92 Å². The highest BCUT2D eigenvalue weighted by atomic mass is 14.9. The van der Waals surface area contributed by atoms with Crippen molar-refractivity contribution in [3.8, 4) is 11.1 Å². The molecular formula is C43H41N. The molecule has 6 aromatic carbocycles. The molecule has 1 heteroatoms. The van der Waals surface area contributed by atoms with E-state index in [1.165, 1.54) is 93.0 Å². The van der Waals surface area contributed by atoms with Gasteiger partial charge in [0.05, 0.1) is 16.6 Å². The molecule has 0 aliphatic carbocycles. The molecule has 0 saturated carbocycles. The summed E-state index contributed by atoms with van der Waals surface area (Å²) in [5.41, 5.74) is 12.1. The smallest absolute Gasteiger partial charge is 0.0620 e. The maximum Gasteiger partial charge on any atom is 0.0620 e. The van der Waals surface area contributed by atoms with E-state index in [4.69, 9.17) is 0 Å². The summed E-state index contributed by atoms with van der Waals surface area (Å²) >= 11 is 0. The molecule has 0 aliphatic rings. The Bertz CT molecular complexity index is 2410. The largest absolute Gasteiger partial charge is 0.308 e. The minimum Gasteiger partial charge on any atom is -0.308 e. The zero-order valence-electron chi connectivity index (χ0n) is 27.3. The summed E-state index contributed by atoms with van der Waals surface area (Å²) in [7, 11) is 0. The molecule has 0 amide bonds. The first-order valence-electron chi connectivity index (χ1n) is 16.2. The van der Waals surface area contributed by atoms with Crippen molar-refractivity contribution < 1.29 is 0 Å². The molecule has 44 heavy (non-hydrogen) atoms. The van der Waals surface area contributed by atoms with Gasteiger partial charge in [-0.2, -0.15) is 0 Å². The third kappa shape index (κ3) is 3.98. The molecule has 0 spiro atoms. The molecule has 0 N–H and O–H groups in total. The van der Waals surface area contributed by atoms with Crippen molar-refractivity contribution in [1.29, 1.82) is 0 Å². The Morgan fingerprint density at radius 2 is 1.11 bits per heavy atom. The Morgan fingerprint density at radius 3 is 1.75 bits per heavy atom. The molecule has 0 radical (unpaired) electrons. The highest BCUT2D eigenvalue weighted by molar-refractivity contribution is 6.27. The fourth-order valence-corrected chi connectivity index (χ4v) is 7.40. The lowest BCUT2D eigenvalue weighted by Crippen LogP contribution is -2.10. The first-order chi connectivity index (χ1) is 21.0. The quantitative estimate of drug-likeness (QED) is 0.199. The fourth-order valence-electron chi connectivity index (χ4n) is 7.40. The molecular weight excluding hydrogens is 530 g/mol. The van der Waals surface area contributed by atoms with Crippen LogP contribution >= 0.6 is 0 Å². The predicted octanol–water partition coefficient (Wildman–Crippen LogP) is 12.7. The first-order valence-corrected chi connectivity index (χ1v) is 16.2. The fraction of sp³-hybridized carbons (Fsp3) is 0.256. The van der Waals surface area contributed by atoms with Gasteiger partial charge in [-0.15, -0.1) is 0 Å². The van der Waals surface area contributed by atoms with Crippen LogP contribution in [0.25, 0.3) is 70.8 Å². The summed E-state index contributed by atoms with van der Waals surface area (Å²) in [6.45, 7) is 18.3. The highest BCUT2D eigenvalue weighted by Crippen LogP contribution is 2.44. The van der Waals surface area contributed by atoms with E-state index in [1.54, 1.807) is 0 Å². The normalized spacial score (nSPS) is 13.0. The topological polar surface area (TPSA) is 4.41 Å². The van der Waals surface area contributed by atoms with Crippen molar-refractivity contribution in [3.05, 3.63) is 113 Å².